The Morgan fingerprint density at radius 3 is 2.42 bits per heavy atom. The number of nitrogens with one attached hydrogen (secondary N) is 1. The number of para-hydroxylation sites is 3. The van der Waals surface area contributed by atoms with Crippen molar-refractivity contribution in [2.24, 2.45) is 0 Å². The summed E-state index contributed by atoms with van der Waals surface area (Å²) < 4.78 is 17.3. The zero-order chi connectivity index (χ0) is 21.4. The molecular formula is C25H19NO5. The first kappa shape index (κ1) is 18.9. The molecule has 1 amide bonds. The van der Waals surface area contributed by atoms with E-state index in [2.05, 4.69) is 5.32 Å². The number of ether oxygens (including phenoxy) is 2. The Kier molecular flexibility index (Phi) is 4.67. The van der Waals surface area contributed by atoms with E-state index in [0.717, 1.165) is 5.56 Å². The third-order valence-corrected chi connectivity index (χ3v) is 5.16. The van der Waals surface area contributed by atoms with Gasteiger partial charge in [0, 0.05) is 10.9 Å². The van der Waals surface area contributed by atoms with Gasteiger partial charge >= 0.3 is 0 Å². The number of ketones is 1. The summed E-state index contributed by atoms with van der Waals surface area (Å²) in [4.78, 5) is 26.2. The minimum atomic E-state index is -0.856. The normalized spacial score (nSPS) is 14.9. The van der Waals surface area contributed by atoms with Gasteiger partial charge in [0.15, 0.2) is 17.3 Å². The van der Waals surface area contributed by atoms with Gasteiger partial charge in [-0.3, -0.25) is 9.59 Å². The van der Waals surface area contributed by atoms with Crippen LogP contribution in [0.15, 0.2) is 77.2 Å². The molecule has 1 aromatic heterocycles. The molecule has 154 valence electrons. The average Bonchev–Trinajstić information content (AvgIpc) is 3.17. The van der Waals surface area contributed by atoms with Gasteiger partial charge in [0.05, 0.1) is 5.69 Å². The van der Waals surface area contributed by atoms with Crippen molar-refractivity contribution in [1.82, 2.24) is 0 Å². The molecule has 31 heavy (non-hydrogen) atoms. The van der Waals surface area contributed by atoms with E-state index in [1.807, 2.05) is 43.3 Å². The summed E-state index contributed by atoms with van der Waals surface area (Å²) in [6, 6.07) is 21.6. The Balaban J connectivity index is 1.48. The van der Waals surface area contributed by atoms with Crippen molar-refractivity contribution >= 4 is 28.3 Å². The van der Waals surface area contributed by atoms with Gasteiger partial charge in [-0.15, -0.1) is 0 Å². The maximum Gasteiger partial charge on any atom is 0.269 e. The minimum Gasteiger partial charge on any atom is -0.485 e. The van der Waals surface area contributed by atoms with Gasteiger partial charge in [0.25, 0.3) is 5.91 Å². The lowest BCUT2D eigenvalue weighted by molar-refractivity contribution is -0.125. The van der Waals surface area contributed by atoms with Crippen LogP contribution >= 0.6 is 0 Å². The van der Waals surface area contributed by atoms with Crippen molar-refractivity contribution in [3.63, 3.8) is 0 Å². The van der Waals surface area contributed by atoms with Crippen LogP contribution in [0.1, 0.15) is 21.7 Å². The largest absolute Gasteiger partial charge is 0.485 e. The number of amides is 1. The molecule has 0 saturated carbocycles. The lowest BCUT2D eigenvalue weighted by atomic mass is 10.1. The molecule has 1 aliphatic heterocycles. The van der Waals surface area contributed by atoms with E-state index in [9.17, 15) is 9.59 Å². The van der Waals surface area contributed by atoms with E-state index >= 15 is 0 Å². The Bertz CT molecular complexity index is 1290. The van der Waals surface area contributed by atoms with Gasteiger partial charge in [0.1, 0.15) is 12.2 Å². The summed E-state index contributed by atoms with van der Waals surface area (Å²) in [6.45, 7) is 2.02. The summed E-state index contributed by atoms with van der Waals surface area (Å²) >= 11 is 0. The summed E-state index contributed by atoms with van der Waals surface area (Å²) in [5, 5.41) is 3.48. The van der Waals surface area contributed by atoms with Crippen molar-refractivity contribution in [2.45, 2.75) is 13.0 Å². The lowest BCUT2D eigenvalue weighted by Gasteiger charge is -2.25. The van der Waals surface area contributed by atoms with Crippen LogP contribution in [0.25, 0.3) is 11.0 Å². The molecular weight excluding hydrogens is 394 g/mol. The molecule has 5 rings (SSSR count). The zero-order valence-corrected chi connectivity index (χ0v) is 16.8. The van der Waals surface area contributed by atoms with E-state index in [0.29, 0.717) is 33.7 Å². The summed E-state index contributed by atoms with van der Waals surface area (Å²) in [5.74, 6) is 0.449. The number of furan rings is 1. The SMILES string of the molecule is Cc1ccc(C(=O)c2oc3ccccc3c2NC(=O)[C@H]2COc3ccccc3O2)cc1. The Morgan fingerprint density at radius 2 is 1.61 bits per heavy atom. The molecule has 6 heteroatoms. The highest BCUT2D eigenvalue weighted by molar-refractivity contribution is 6.17. The smallest absolute Gasteiger partial charge is 0.269 e. The number of rotatable bonds is 4. The molecule has 0 saturated heterocycles. The first-order valence-electron chi connectivity index (χ1n) is 9.92. The maximum absolute atomic E-state index is 13.2. The van der Waals surface area contributed by atoms with Crippen LogP contribution in [0.5, 0.6) is 11.5 Å². The molecule has 1 aliphatic rings. The standard InChI is InChI=1S/C25H19NO5/c1-15-10-12-16(13-11-15)23(27)24-22(17-6-2-3-7-18(17)31-24)26-25(28)21-14-29-19-8-4-5-9-20(19)30-21/h2-13,21H,14H2,1H3,(H,26,28)/t21-/m1/s1. The minimum absolute atomic E-state index is 0.0693. The highest BCUT2D eigenvalue weighted by atomic mass is 16.6. The first-order valence-corrected chi connectivity index (χ1v) is 9.92. The molecule has 1 N–H and O–H groups in total. The van der Waals surface area contributed by atoms with Crippen LogP contribution in [0.2, 0.25) is 0 Å². The molecule has 0 fully saturated rings. The van der Waals surface area contributed by atoms with Crippen LogP contribution in [0, 0.1) is 6.92 Å². The second-order valence-corrected chi connectivity index (χ2v) is 7.35. The number of carbonyl (C=O) groups is 2. The maximum atomic E-state index is 13.2. The highest BCUT2D eigenvalue weighted by Crippen LogP contribution is 2.34. The predicted octanol–water partition coefficient (Wildman–Crippen LogP) is 4.75. The van der Waals surface area contributed by atoms with E-state index in [4.69, 9.17) is 13.9 Å². The highest BCUT2D eigenvalue weighted by Gasteiger charge is 2.30. The number of hydrogen-bond acceptors (Lipinski definition) is 5. The summed E-state index contributed by atoms with van der Waals surface area (Å²) in [7, 11) is 0. The molecule has 6 nitrogen and oxygen atoms in total. The molecule has 0 aliphatic carbocycles. The number of anilines is 1. The van der Waals surface area contributed by atoms with Crippen molar-refractivity contribution in [1.29, 1.82) is 0 Å². The third-order valence-electron chi connectivity index (χ3n) is 5.16. The zero-order valence-electron chi connectivity index (χ0n) is 16.8. The van der Waals surface area contributed by atoms with E-state index in [-0.39, 0.29) is 18.2 Å². The van der Waals surface area contributed by atoms with E-state index < -0.39 is 12.0 Å². The molecule has 4 aromatic rings. The number of carbonyl (C=O) groups excluding carboxylic acids is 2. The van der Waals surface area contributed by atoms with Crippen molar-refractivity contribution in [2.75, 3.05) is 11.9 Å². The number of fused-ring (bicyclic) bond motifs is 2. The van der Waals surface area contributed by atoms with Crippen LogP contribution in [-0.2, 0) is 4.79 Å². The fraction of sp³-hybridized carbons (Fsp3) is 0.120. The van der Waals surface area contributed by atoms with Crippen molar-refractivity contribution < 1.29 is 23.5 Å². The van der Waals surface area contributed by atoms with E-state index in [1.165, 1.54) is 0 Å². The van der Waals surface area contributed by atoms with Crippen LogP contribution in [-0.4, -0.2) is 24.4 Å². The van der Waals surface area contributed by atoms with Crippen LogP contribution < -0.4 is 14.8 Å². The second kappa shape index (κ2) is 7.65. The quantitative estimate of drug-likeness (QED) is 0.489. The van der Waals surface area contributed by atoms with Crippen molar-refractivity contribution in [3.05, 3.63) is 89.7 Å². The number of hydrogen-bond donors (Lipinski definition) is 1. The molecule has 0 bridgehead atoms. The fourth-order valence-corrected chi connectivity index (χ4v) is 3.52. The topological polar surface area (TPSA) is 77.8 Å². The predicted molar refractivity (Wildman–Crippen MR) is 116 cm³/mol. The fourth-order valence-electron chi connectivity index (χ4n) is 3.52. The molecule has 0 radical (unpaired) electrons. The third kappa shape index (κ3) is 3.53. The molecule has 1 atom stereocenters. The molecule has 0 spiro atoms. The Hall–Kier alpha value is -4.06. The summed E-state index contributed by atoms with van der Waals surface area (Å²) in [6.07, 6.45) is -0.856. The van der Waals surface area contributed by atoms with Gasteiger partial charge < -0.3 is 19.2 Å². The number of aryl methyl sites for hydroxylation is 1. The second-order valence-electron chi connectivity index (χ2n) is 7.35. The van der Waals surface area contributed by atoms with Gasteiger partial charge in [-0.25, -0.2) is 0 Å². The van der Waals surface area contributed by atoms with Gasteiger partial charge in [-0.05, 0) is 31.2 Å². The molecule has 3 aromatic carbocycles. The molecule has 0 unspecified atom stereocenters. The van der Waals surface area contributed by atoms with Crippen LogP contribution in [0.4, 0.5) is 5.69 Å². The average molecular weight is 413 g/mol. The lowest BCUT2D eigenvalue weighted by Crippen LogP contribution is -2.40. The van der Waals surface area contributed by atoms with Crippen molar-refractivity contribution in [3.8, 4) is 11.5 Å². The Labute approximate surface area is 178 Å². The first-order chi connectivity index (χ1) is 15.1. The number of benzene rings is 3. The van der Waals surface area contributed by atoms with E-state index in [1.54, 1.807) is 36.4 Å². The van der Waals surface area contributed by atoms with Crippen LogP contribution in [0.3, 0.4) is 0 Å². The monoisotopic (exact) mass is 413 g/mol. The molecule has 2 heterocycles. The van der Waals surface area contributed by atoms with Gasteiger partial charge in [-0.2, -0.15) is 0 Å². The van der Waals surface area contributed by atoms with Gasteiger partial charge in [-0.1, -0.05) is 54.1 Å². The Morgan fingerprint density at radius 1 is 0.903 bits per heavy atom. The summed E-state index contributed by atoms with van der Waals surface area (Å²) in [5.41, 5.74) is 2.36. The van der Waals surface area contributed by atoms with Gasteiger partial charge in [0.2, 0.25) is 11.9 Å².